The van der Waals surface area contributed by atoms with Gasteiger partial charge in [0, 0.05) is 10.6 Å². The van der Waals surface area contributed by atoms with Crippen LogP contribution in [0.3, 0.4) is 0 Å². The van der Waals surface area contributed by atoms with Crippen molar-refractivity contribution in [3.05, 3.63) is 63.9 Å². The van der Waals surface area contributed by atoms with Crippen LogP contribution < -0.4 is 4.74 Å². The zero-order valence-corrected chi connectivity index (χ0v) is 13.1. The largest absolute Gasteiger partial charge is 0.484 e. The molecule has 0 fully saturated rings. The standard InChI is InChI=1S/C15H10BrClN2O2/c16-12-3-1-2-4-13(12)20-9-14-18-15(21-19-14)10-5-7-11(17)8-6-10/h1-8H,9H2. The van der Waals surface area contributed by atoms with Crippen LogP contribution in [-0.2, 0) is 6.61 Å². The van der Waals surface area contributed by atoms with Crippen LogP contribution in [0.15, 0.2) is 57.5 Å². The van der Waals surface area contributed by atoms with E-state index >= 15 is 0 Å². The van der Waals surface area contributed by atoms with Crippen LogP contribution in [-0.4, -0.2) is 10.1 Å². The van der Waals surface area contributed by atoms with Crippen molar-refractivity contribution in [3.8, 4) is 17.2 Å². The van der Waals surface area contributed by atoms with E-state index in [0.717, 1.165) is 15.8 Å². The summed E-state index contributed by atoms with van der Waals surface area (Å²) in [5, 5.41) is 4.56. The lowest BCUT2D eigenvalue weighted by Crippen LogP contribution is -1.97. The lowest BCUT2D eigenvalue weighted by molar-refractivity contribution is 0.285. The number of rotatable bonds is 4. The number of halogens is 2. The molecule has 0 aliphatic carbocycles. The number of para-hydroxylation sites is 1. The summed E-state index contributed by atoms with van der Waals surface area (Å²) in [6, 6.07) is 14.8. The van der Waals surface area contributed by atoms with Gasteiger partial charge in [0.15, 0.2) is 6.61 Å². The van der Waals surface area contributed by atoms with E-state index < -0.39 is 0 Å². The van der Waals surface area contributed by atoms with Gasteiger partial charge in [-0.2, -0.15) is 4.98 Å². The Bertz CT molecular complexity index is 743. The summed E-state index contributed by atoms with van der Waals surface area (Å²) >= 11 is 9.26. The minimum atomic E-state index is 0.236. The van der Waals surface area contributed by atoms with Crippen molar-refractivity contribution in [1.82, 2.24) is 10.1 Å². The van der Waals surface area contributed by atoms with Crippen LogP contribution in [0.5, 0.6) is 5.75 Å². The Balaban J connectivity index is 1.71. The molecule has 1 heterocycles. The summed E-state index contributed by atoms with van der Waals surface area (Å²) in [7, 11) is 0. The predicted octanol–water partition coefficient (Wildman–Crippen LogP) is 4.73. The molecule has 0 atom stereocenters. The molecule has 3 rings (SSSR count). The Hall–Kier alpha value is -1.85. The molecular formula is C15H10BrClN2O2. The smallest absolute Gasteiger partial charge is 0.258 e. The molecule has 0 spiro atoms. The van der Waals surface area contributed by atoms with E-state index in [1.54, 1.807) is 12.1 Å². The molecular weight excluding hydrogens is 356 g/mol. The fraction of sp³-hybridized carbons (Fsp3) is 0.0667. The van der Waals surface area contributed by atoms with E-state index in [2.05, 4.69) is 26.1 Å². The topological polar surface area (TPSA) is 48.2 Å². The van der Waals surface area contributed by atoms with Crippen molar-refractivity contribution in [2.24, 2.45) is 0 Å². The Kier molecular flexibility index (Phi) is 4.22. The van der Waals surface area contributed by atoms with Gasteiger partial charge in [-0.25, -0.2) is 0 Å². The average Bonchev–Trinajstić information content (AvgIpc) is 2.96. The zero-order chi connectivity index (χ0) is 14.7. The second-order valence-corrected chi connectivity index (χ2v) is 5.53. The lowest BCUT2D eigenvalue weighted by Gasteiger charge is -2.04. The van der Waals surface area contributed by atoms with Crippen LogP contribution in [0.4, 0.5) is 0 Å². The van der Waals surface area contributed by atoms with Gasteiger partial charge in [-0.05, 0) is 52.3 Å². The van der Waals surface area contributed by atoms with Crippen molar-refractivity contribution in [1.29, 1.82) is 0 Å². The minimum Gasteiger partial charge on any atom is -0.484 e. The predicted molar refractivity (Wildman–Crippen MR) is 83.2 cm³/mol. The molecule has 2 aromatic carbocycles. The summed E-state index contributed by atoms with van der Waals surface area (Å²) in [5.74, 6) is 1.66. The molecule has 0 radical (unpaired) electrons. The molecule has 0 aliphatic rings. The summed E-state index contributed by atoms with van der Waals surface area (Å²) in [4.78, 5) is 4.29. The summed E-state index contributed by atoms with van der Waals surface area (Å²) in [5.41, 5.74) is 0.819. The van der Waals surface area contributed by atoms with Crippen LogP contribution in [0.1, 0.15) is 5.82 Å². The van der Waals surface area contributed by atoms with Crippen LogP contribution in [0, 0.1) is 0 Å². The summed E-state index contributed by atoms with van der Waals surface area (Å²) < 4.78 is 11.7. The molecule has 0 saturated carbocycles. The van der Waals surface area contributed by atoms with Gasteiger partial charge >= 0.3 is 0 Å². The van der Waals surface area contributed by atoms with Gasteiger partial charge < -0.3 is 9.26 Å². The second kappa shape index (κ2) is 6.28. The molecule has 0 aliphatic heterocycles. The molecule has 1 aromatic heterocycles. The Morgan fingerprint density at radius 2 is 1.86 bits per heavy atom. The zero-order valence-electron chi connectivity index (χ0n) is 10.8. The third kappa shape index (κ3) is 3.43. The van der Waals surface area contributed by atoms with E-state index in [-0.39, 0.29) is 6.61 Å². The van der Waals surface area contributed by atoms with Crippen molar-refractivity contribution in [3.63, 3.8) is 0 Å². The molecule has 4 nitrogen and oxygen atoms in total. The van der Waals surface area contributed by atoms with Gasteiger partial charge in [-0.15, -0.1) is 0 Å². The number of ether oxygens (including phenoxy) is 1. The van der Waals surface area contributed by atoms with Gasteiger partial charge in [0.25, 0.3) is 5.89 Å². The Morgan fingerprint density at radius 1 is 1.10 bits per heavy atom. The Labute approximate surface area is 134 Å². The van der Waals surface area contributed by atoms with Crippen molar-refractivity contribution >= 4 is 27.5 Å². The molecule has 21 heavy (non-hydrogen) atoms. The normalized spacial score (nSPS) is 10.6. The van der Waals surface area contributed by atoms with E-state index in [0.29, 0.717) is 16.7 Å². The van der Waals surface area contributed by atoms with E-state index in [1.807, 2.05) is 36.4 Å². The number of hydrogen-bond donors (Lipinski definition) is 0. The number of aromatic nitrogens is 2. The van der Waals surface area contributed by atoms with Crippen molar-refractivity contribution in [2.45, 2.75) is 6.61 Å². The first kappa shape index (κ1) is 14.1. The SMILES string of the molecule is Clc1ccc(-c2nc(COc3ccccc3Br)no2)cc1. The highest BCUT2D eigenvalue weighted by molar-refractivity contribution is 9.10. The number of benzene rings is 2. The third-order valence-electron chi connectivity index (χ3n) is 2.75. The molecule has 0 bridgehead atoms. The second-order valence-electron chi connectivity index (χ2n) is 4.24. The number of nitrogens with zero attached hydrogens (tertiary/aromatic N) is 2. The fourth-order valence-corrected chi connectivity index (χ4v) is 2.25. The molecule has 0 unspecified atom stereocenters. The van der Waals surface area contributed by atoms with Gasteiger partial charge in [0.1, 0.15) is 5.75 Å². The highest BCUT2D eigenvalue weighted by atomic mass is 79.9. The summed E-state index contributed by atoms with van der Waals surface area (Å²) in [6.45, 7) is 0.236. The van der Waals surface area contributed by atoms with Gasteiger partial charge in [0.05, 0.1) is 4.47 Å². The molecule has 6 heteroatoms. The highest BCUT2D eigenvalue weighted by Crippen LogP contribution is 2.25. The Morgan fingerprint density at radius 3 is 2.62 bits per heavy atom. The van der Waals surface area contributed by atoms with E-state index in [1.165, 1.54) is 0 Å². The molecule has 0 N–H and O–H groups in total. The van der Waals surface area contributed by atoms with Crippen molar-refractivity contribution in [2.75, 3.05) is 0 Å². The van der Waals surface area contributed by atoms with Gasteiger partial charge in [-0.1, -0.05) is 28.9 Å². The van der Waals surface area contributed by atoms with Crippen LogP contribution >= 0.6 is 27.5 Å². The molecule has 3 aromatic rings. The van der Waals surface area contributed by atoms with E-state index in [9.17, 15) is 0 Å². The molecule has 0 saturated heterocycles. The van der Waals surface area contributed by atoms with Crippen LogP contribution in [0.25, 0.3) is 11.5 Å². The van der Waals surface area contributed by atoms with E-state index in [4.69, 9.17) is 20.9 Å². The first-order valence-corrected chi connectivity index (χ1v) is 7.35. The first-order chi connectivity index (χ1) is 10.2. The quantitative estimate of drug-likeness (QED) is 0.670. The summed E-state index contributed by atoms with van der Waals surface area (Å²) in [6.07, 6.45) is 0. The maximum Gasteiger partial charge on any atom is 0.258 e. The lowest BCUT2D eigenvalue weighted by atomic mass is 10.2. The monoisotopic (exact) mass is 364 g/mol. The average molecular weight is 366 g/mol. The first-order valence-electron chi connectivity index (χ1n) is 6.18. The third-order valence-corrected chi connectivity index (χ3v) is 3.66. The minimum absolute atomic E-state index is 0.236. The highest BCUT2D eigenvalue weighted by Gasteiger charge is 2.10. The fourth-order valence-electron chi connectivity index (χ4n) is 1.73. The van der Waals surface area contributed by atoms with Gasteiger partial charge in [-0.3, -0.25) is 0 Å². The molecule has 106 valence electrons. The molecule has 0 amide bonds. The number of hydrogen-bond acceptors (Lipinski definition) is 4. The van der Waals surface area contributed by atoms with Gasteiger partial charge in [0.2, 0.25) is 5.82 Å². The van der Waals surface area contributed by atoms with Crippen molar-refractivity contribution < 1.29 is 9.26 Å². The van der Waals surface area contributed by atoms with Crippen LogP contribution in [0.2, 0.25) is 5.02 Å². The maximum atomic E-state index is 5.85. The maximum absolute atomic E-state index is 5.85.